The molecule has 0 radical (unpaired) electrons. The number of allylic oxidation sites excluding steroid dienone is 1. The number of hydrogen-bond donors (Lipinski definition) is 0. The van der Waals surface area contributed by atoms with Crippen molar-refractivity contribution in [2.75, 3.05) is 0 Å². The Labute approximate surface area is 115 Å². The molecule has 5 heteroatoms. The van der Waals surface area contributed by atoms with Crippen molar-refractivity contribution in [3.8, 4) is 0 Å². The van der Waals surface area contributed by atoms with E-state index in [-0.39, 0.29) is 11.8 Å². The van der Waals surface area contributed by atoms with Gasteiger partial charge in [-0.25, -0.2) is 8.78 Å². The second kappa shape index (κ2) is 5.77. The number of halogens is 2. The minimum atomic E-state index is -0.938. The van der Waals surface area contributed by atoms with Crippen LogP contribution in [-0.2, 0) is 0 Å². The summed E-state index contributed by atoms with van der Waals surface area (Å²) >= 11 is 0. The largest absolute Gasteiger partial charge is 0.289 e. The fourth-order valence-corrected chi connectivity index (χ4v) is 1.63. The second-order valence-corrected chi connectivity index (χ2v) is 4.67. The zero-order valence-electron chi connectivity index (χ0n) is 11.2. The number of ketones is 1. The number of aromatic nitrogens is 2. The van der Waals surface area contributed by atoms with Crippen molar-refractivity contribution in [1.29, 1.82) is 0 Å². The van der Waals surface area contributed by atoms with Gasteiger partial charge in [-0.05, 0) is 37.6 Å². The Balaban J connectivity index is 2.13. The van der Waals surface area contributed by atoms with E-state index in [1.807, 2.05) is 13.8 Å². The van der Waals surface area contributed by atoms with Crippen molar-refractivity contribution in [2.24, 2.45) is 0 Å². The zero-order chi connectivity index (χ0) is 14.7. The van der Waals surface area contributed by atoms with E-state index in [0.29, 0.717) is 11.1 Å². The minimum absolute atomic E-state index is 0.173. The van der Waals surface area contributed by atoms with E-state index in [4.69, 9.17) is 0 Å². The smallest absolute Gasteiger partial charge is 0.189 e. The maximum Gasteiger partial charge on any atom is 0.189 e. The van der Waals surface area contributed by atoms with Crippen molar-refractivity contribution in [3.05, 3.63) is 59.4 Å². The number of carbonyl (C=O) groups is 1. The van der Waals surface area contributed by atoms with Crippen molar-refractivity contribution < 1.29 is 13.6 Å². The summed E-state index contributed by atoms with van der Waals surface area (Å²) < 4.78 is 27.5. The molecule has 0 aliphatic rings. The Morgan fingerprint density at radius 1 is 1.30 bits per heavy atom. The second-order valence-electron chi connectivity index (χ2n) is 4.67. The van der Waals surface area contributed by atoms with E-state index in [1.54, 1.807) is 10.9 Å². The molecule has 0 amide bonds. The highest BCUT2D eigenvalue weighted by Crippen LogP contribution is 2.11. The fourth-order valence-electron chi connectivity index (χ4n) is 1.63. The highest BCUT2D eigenvalue weighted by atomic mass is 19.2. The molecule has 104 valence electrons. The van der Waals surface area contributed by atoms with Crippen LogP contribution in [0.4, 0.5) is 8.78 Å². The number of hydrogen-bond acceptors (Lipinski definition) is 2. The van der Waals surface area contributed by atoms with Gasteiger partial charge in [-0.15, -0.1) is 0 Å². The molecule has 0 atom stereocenters. The standard InChI is InChI=1S/C15H14F2N2O/c1-10(2)19-9-12(8-18-19)15(20)6-4-11-3-5-13(16)14(17)7-11/h3-10H,1-2H3/b6-4+. The SMILES string of the molecule is CC(C)n1cc(C(=O)/C=C/c2ccc(F)c(F)c2)cn1. The van der Waals surface area contributed by atoms with Crippen molar-refractivity contribution in [1.82, 2.24) is 9.78 Å². The third kappa shape index (κ3) is 3.17. The van der Waals surface area contributed by atoms with Gasteiger partial charge in [0.1, 0.15) is 0 Å². The molecule has 0 unspecified atom stereocenters. The van der Waals surface area contributed by atoms with E-state index in [9.17, 15) is 13.6 Å². The molecule has 1 heterocycles. The maximum absolute atomic E-state index is 13.0. The summed E-state index contributed by atoms with van der Waals surface area (Å²) in [6.07, 6.45) is 5.90. The van der Waals surface area contributed by atoms with E-state index in [2.05, 4.69) is 5.10 Å². The molecule has 1 aromatic heterocycles. The lowest BCUT2D eigenvalue weighted by Gasteiger charge is -2.02. The van der Waals surface area contributed by atoms with Crippen LogP contribution in [0.25, 0.3) is 6.08 Å². The summed E-state index contributed by atoms with van der Waals surface area (Å²) in [6, 6.07) is 3.64. The van der Waals surface area contributed by atoms with E-state index < -0.39 is 11.6 Å². The lowest BCUT2D eigenvalue weighted by Crippen LogP contribution is -2.00. The van der Waals surface area contributed by atoms with E-state index in [0.717, 1.165) is 12.1 Å². The molecule has 2 aromatic rings. The van der Waals surface area contributed by atoms with Crippen molar-refractivity contribution in [3.63, 3.8) is 0 Å². The van der Waals surface area contributed by atoms with Gasteiger partial charge in [0.25, 0.3) is 0 Å². The Bertz CT molecular complexity index is 660. The zero-order valence-corrected chi connectivity index (χ0v) is 11.2. The van der Waals surface area contributed by atoms with Crippen LogP contribution in [0.15, 0.2) is 36.7 Å². The third-order valence-corrected chi connectivity index (χ3v) is 2.79. The summed E-state index contributed by atoms with van der Waals surface area (Å²) in [5.74, 6) is -2.08. The first-order chi connectivity index (χ1) is 9.47. The first-order valence-corrected chi connectivity index (χ1v) is 6.19. The summed E-state index contributed by atoms with van der Waals surface area (Å²) in [6.45, 7) is 3.91. The topological polar surface area (TPSA) is 34.9 Å². The summed E-state index contributed by atoms with van der Waals surface area (Å²) in [7, 11) is 0. The van der Waals surface area contributed by atoms with E-state index in [1.165, 1.54) is 24.4 Å². The predicted octanol–water partition coefficient (Wildman–Crippen LogP) is 3.64. The molecular formula is C15H14F2N2O. The first kappa shape index (κ1) is 14.1. The van der Waals surface area contributed by atoms with Crippen LogP contribution in [0.5, 0.6) is 0 Å². The monoisotopic (exact) mass is 276 g/mol. The van der Waals surface area contributed by atoms with Crippen LogP contribution in [-0.4, -0.2) is 15.6 Å². The summed E-state index contributed by atoms with van der Waals surface area (Å²) in [5, 5.41) is 4.07. The Morgan fingerprint density at radius 3 is 2.65 bits per heavy atom. The van der Waals surface area contributed by atoms with Gasteiger partial charge >= 0.3 is 0 Å². The van der Waals surface area contributed by atoms with Gasteiger partial charge in [-0.3, -0.25) is 9.48 Å². The molecule has 0 fully saturated rings. The van der Waals surface area contributed by atoms with Gasteiger partial charge < -0.3 is 0 Å². The molecule has 0 aliphatic carbocycles. The van der Waals surface area contributed by atoms with Gasteiger partial charge in [0.05, 0.1) is 11.8 Å². The Morgan fingerprint density at radius 2 is 2.05 bits per heavy atom. The predicted molar refractivity (Wildman–Crippen MR) is 72.3 cm³/mol. The lowest BCUT2D eigenvalue weighted by molar-refractivity contribution is 0.104. The molecule has 0 aliphatic heterocycles. The molecule has 3 nitrogen and oxygen atoms in total. The molecule has 1 aromatic carbocycles. The minimum Gasteiger partial charge on any atom is -0.289 e. The van der Waals surface area contributed by atoms with Crippen LogP contribution in [0, 0.1) is 11.6 Å². The molecular weight excluding hydrogens is 262 g/mol. The Kier molecular flexibility index (Phi) is 4.08. The fraction of sp³-hybridized carbons (Fsp3) is 0.200. The lowest BCUT2D eigenvalue weighted by atomic mass is 10.1. The van der Waals surface area contributed by atoms with Crippen LogP contribution >= 0.6 is 0 Å². The number of nitrogens with zero attached hydrogens (tertiary/aromatic N) is 2. The van der Waals surface area contributed by atoms with Gasteiger partial charge in [0.15, 0.2) is 17.4 Å². The molecule has 0 spiro atoms. The van der Waals surface area contributed by atoms with Gasteiger partial charge in [0, 0.05) is 12.2 Å². The molecule has 20 heavy (non-hydrogen) atoms. The van der Waals surface area contributed by atoms with Gasteiger partial charge in [0.2, 0.25) is 0 Å². The van der Waals surface area contributed by atoms with Crippen LogP contribution in [0.2, 0.25) is 0 Å². The summed E-state index contributed by atoms with van der Waals surface area (Å²) in [4.78, 5) is 11.9. The van der Waals surface area contributed by atoms with Gasteiger partial charge in [-0.1, -0.05) is 12.1 Å². The molecule has 2 rings (SSSR count). The quantitative estimate of drug-likeness (QED) is 0.631. The normalized spacial score (nSPS) is 11.4. The summed E-state index contributed by atoms with van der Waals surface area (Å²) in [5.41, 5.74) is 0.881. The average molecular weight is 276 g/mol. The molecule has 0 bridgehead atoms. The molecule has 0 saturated carbocycles. The molecule has 0 N–H and O–H groups in total. The van der Waals surface area contributed by atoms with Crippen molar-refractivity contribution in [2.45, 2.75) is 19.9 Å². The number of rotatable bonds is 4. The van der Waals surface area contributed by atoms with Gasteiger partial charge in [-0.2, -0.15) is 5.10 Å². The van der Waals surface area contributed by atoms with Crippen LogP contribution in [0.3, 0.4) is 0 Å². The van der Waals surface area contributed by atoms with Crippen LogP contribution < -0.4 is 0 Å². The number of benzene rings is 1. The highest BCUT2D eigenvalue weighted by Gasteiger charge is 2.07. The molecule has 0 saturated heterocycles. The average Bonchev–Trinajstić information content (AvgIpc) is 2.89. The Hall–Kier alpha value is -2.30. The first-order valence-electron chi connectivity index (χ1n) is 6.19. The highest BCUT2D eigenvalue weighted by molar-refractivity contribution is 6.06. The third-order valence-electron chi connectivity index (χ3n) is 2.79. The maximum atomic E-state index is 13.0. The van der Waals surface area contributed by atoms with Crippen LogP contribution in [0.1, 0.15) is 35.8 Å². The van der Waals surface area contributed by atoms with E-state index >= 15 is 0 Å². The van der Waals surface area contributed by atoms with Crippen molar-refractivity contribution >= 4 is 11.9 Å². The number of carbonyl (C=O) groups excluding carboxylic acids is 1.